The van der Waals surface area contributed by atoms with Crippen LogP contribution in [-0.2, 0) is 0 Å². The Bertz CT molecular complexity index is 6230. The third kappa shape index (κ3) is 6.00. The fourth-order valence-corrected chi connectivity index (χ4v) is 16.9. The Labute approximate surface area is 499 Å². The summed E-state index contributed by atoms with van der Waals surface area (Å²) in [6, 6.07) is 109. The lowest BCUT2D eigenvalue weighted by Crippen LogP contribution is -2.59. The lowest BCUT2D eigenvalue weighted by molar-refractivity contribution is 1.14. The number of benzene rings is 17. The maximum Gasteiger partial charge on any atom is 0.253 e. The zero-order valence-corrected chi connectivity index (χ0v) is 47.1. The third-order valence-corrected chi connectivity index (χ3v) is 20.3. The lowest BCUT2D eigenvalue weighted by Gasteiger charge is -2.35. The van der Waals surface area contributed by atoms with Gasteiger partial charge in [0.05, 0.1) is 16.6 Å². The molecule has 0 bridgehead atoms. The van der Waals surface area contributed by atoms with Gasteiger partial charge in [0, 0.05) is 38.4 Å². The minimum absolute atomic E-state index is 0.146. The molecule has 0 amide bonds. The Morgan fingerprint density at radius 1 is 0.218 bits per heavy atom. The van der Waals surface area contributed by atoms with Gasteiger partial charge in [0.1, 0.15) is 0 Å². The van der Waals surface area contributed by atoms with Crippen LogP contribution in [0, 0.1) is 0 Å². The quantitative estimate of drug-likeness (QED) is 0.0948. The van der Waals surface area contributed by atoms with E-state index in [1.54, 1.807) is 0 Å². The maximum absolute atomic E-state index is 2.67. The van der Waals surface area contributed by atoms with Gasteiger partial charge < -0.3 is 9.13 Å². The van der Waals surface area contributed by atoms with Crippen molar-refractivity contribution in [3.8, 4) is 44.8 Å². The molecule has 0 spiro atoms. The van der Waals surface area contributed by atoms with Gasteiger partial charge in [-0.2, -0.15) is 0 Å². The van der Waals surface area contributed by atoms with Crippen LogP contribution in [0.5, 0.6) is 0 Å². The summed E-state index contributed by atoms with van der Waals surface area (Å²) in [5, 5.41) is 27.9. The van der Waals surface area contributed by atoms with Crippen molar-refractivity contribution in [2.24, 2.45) is 0 Å². The van der Waals surface area contributed by atoms with Crippen LogP contribution in [0.4, 0.5) is 0 Å². The molecule has 2 aromatic heterocycles. The molecular weight excluding hydrogens is 1050 g/mol. The molecule has 0 aliphatic carbocycles. The SMILES string of the molecule is c1cc2c3c(c1)-n1c4ccc(-c5c6ccccc6cc6ccccc56)cc4c4cc5c6ccccc6c6ccccc6c5c(c41)B3c1cc(-c3c4ccccc4cc4ccccc34)cc3c4cc(-c5c6ccccc6cc6ccccc56)ccc4n-2c13. The van der Waals surface area contributed by atoms with E-state index in [2.05, 4.69) is 294 Å². The topological polar surface area (TPSA) is 9.86 Å². The molecule has 4 heterocycles. The second-order valence-corrected chi connectivity index (χ2v) is 24.5. The molecule has 2 nitrogen and oxygen atoms in total. The molecule has 0 atom stereocenters. The van der Waals surface area contributed by atoms with Crippen LogP contribution in [0.2, 0.25) is 0 Å². The average molecular weight is 1100 g/mol. The maximum atomic E-state index is 2.67. The first-order valence-electron chi connectivity index (χ1n) is 30.5. The van der Waals surface area contributed by atoms with Crippen LogP contribution in [0.15, 0.2) is 285 Å². The third-order valence-electron chi connectivity index (χ3n) is 20.3. The number of hydrogen-bond donors (Lipinski definition) is 0. The largest absolute Gasteiger partial charge is 0.310 e. The number of hydrogen-bond acceptors (Lipinski definition) is 0. The molecule has 0 radical (unpaired) electrons. The molecule has 3 heteroatoms. The van der Waals surface area contributed by atoms with Gasteiger partial charge >= 0.3 is 0 Å². The van der Waals surface area contributed by atoms with Crippen molar-refractivity contribution in [3.05, 3.63) is 285 Å². The van der Waals surface area contributed by atoms with Gasteiger partial charge in [-0.25, -0.2) is 0 Å². The molecule has 396 valence electrons. The molecule has 21 rings (SSSR count). The van der Waals surface area contributed by atoms with Gasteiger partial charge in [0.2, 0.25) is 0 Å². The van der Waals surface area contributed by atoms with Crippen LogP contribution in [0.25, 0.3) is 185 Å². The number of aromatic nitrogens is 2. The van der Waals surface area contributed by atoms with Crippen molar-refractivity contribution in [1.29, 1.82) is 0 Å². The second-order valence-electron chi connectivity index (χ2n) is 24.5. The molecule has 0 unspecified atom stereocenters. The second kappa shape index (κ2) is 16.8. The number of fused-ring (bicyclic) bond motifs is 23. The molecule has 17 aromatic carbocycles. The van der Waals surface area contributed by atoms with Gasteiger partial charge in [-0.1, -0.05) is 218 Å². The summed E-state index contributed by atoms with van der Waals surface area (Å²) < 4.78 is 5.32. The normalized spacial score (nSPS) is 12.8. The molecule has 0 N–H and O–H groups in total. The standard InChI is InChI=1S/C84H47BN2/c1-7-24-57-48(18-1)40-49-19-2-8-25-58(49)77(57)54-36-38-73-67(43-54)70-45-56(79-61-28-11-5-22-52(61)42-53-23-6-12-29-62(53)79)46-72-83(70)86(73)75-34-17-35-76-81(75)85(72)82-80-66-33-16-15-31-64(66)63-30-13-14-32-65(63)69(80)47-71-68-44-55(37-39-74(68)87(76)84(71)82)78-59-26-9-3-20-50(59)41-51-21-4-10-27-60(51)78/h1-47H. The van der Waals surface area contributed by atoms with Crippen LogP contribution in [-0.4, -0.2) is 15.8 Å². The molecule has 19 aromatic rings. The molecular formula is C84H47BN2. The highest BCUT2D eigenvalue weighted by atomic mass is 15.0. The van der Waals surface area contributed by atoms with Crippen LogP contribution in [0.1, 0.15) is 0 Å². The summed E-state index contributed by atoms with van der Waals surface area (Å²) in [5.41, 5.74) is 19.0. The molecule has 2 aliphatic heterocycles. The number of nitrogens with zero attached hydrogens (tertiary/aromatic N) is 2. The lowest BCUT2D eigenvalue weighted by atomic mass is 9.33. The highest BCUT2D eigenvalue weighted by molar-refractivity contribution is 7.02. The summed E-state index contributed by atoms with van der Waals surface area (Å²) in [6.45, 7) is -0.146. The van der Waals surface area contributed by atoms with Crippen molar-refractivity contribution < 1.29 is 0 Å². The zero-order valence-electron chi connectivity index (χ0n) is 47.1. The van der Waals surface area contributed by atoms with E-state index < -0.39 is 0 Å². The fraction of sp³-hybridized carbons (Fsp3) is 0. The van der Waals surface area contributed by atoms with Crippen molar-refractivity contribution >= 4 is 164 Å². The molecule has 0 saturated heterocycles. The monoisotopic (exact) mass is 1090 g/mol. The molecule has 87 heavy (non-hydrogen) atoms. The first kappa shape index (κ1) is 46.2. The minimum Gasteiger partial charge on any atom is -0.310 e. The van der Waals surface area contributed by atoms with Crippen molar-refractivity contribution in [2.75, 3.05) is 0 Å². The highest BCUT2D eigenvalue weighted by Crippen LogP contribution is 2.49. The van der Waals surface area contributed by atoms with E-state index in [4.69, 9.17) is 0 Å². The van der Waals surface area contributed by atoms with Gasteiger partial charge in [0.15, 0.2) is 0 Å². The molecule has 0 saturated carbocycles. The summed E-state index contributed by atoms with van der Waals surface area (Å²) in [6.07, 6.45) is 0. The summed E-state index contributed by atoms with van der Waals surface area (Å²) in [5.74, 6) is 0. The van der Waals surface area contributed by atoms with E-state index in [0.29, 0.717) is 0 Å². The summed E-state index contributed by atoms with van der Waals surface area (Å²) >= 11 is 0. The van der Waals surface area contributed by atoms with Crippen molar-refractivity contribution in [3.63, 3.8) is 0 Å². The van der Waals surface area contributed by atoms with E-state index in [1.807, 2.05) is 0 Å². The van der Waals surface area contributed by atoms with Gasteiger partial charge in [-0.3, -0.25) is 0 Å². The van der Waals surface area contributed by atoms with Crippen LogP contribution >= 0.6 is 0 Å². The van der Waals surface area contributed by atoms with Gasteiger partial charge in [-0.15, -0.1) is 0 Å². The predicted molar refractivity (Wildman–Crippen MR) is 374 cm³/mol. The first-order chi connectivity index (χ1) is 43.2. The first-order valence-corrected chi connectivity index (χ1v) is 30.5. The van der Waals surface area contributed by atoms with Gasteiger partial charge in [-0.05, 0) is 213 Å². The molecule has 0 fully saturated rings. The van der Waals surface area contributed by atoms with E-state index in [0.717, 1.165) is 0 Å². The van der Waals surface area contributed by atoms with Crippen molar-refractivity contribution in [1.82, 2.24) is 9.13 Å². The fourth-order valence-electron chi connectivity index (χ4n) is 16.9. The number of rotatable bonds is 3. The average Bonchev–Trinajstić information content (AvgIpc) is 2.12. The smallest absolute Gasteiger partial charge is 0.253 e. The van der Waals surface area contributed by atoms with E-state index in [-0.39, 0.29) is 6.71 Å². The zero-order chi connectivity index (χ0) is 56.3. The Kier molecular flexibility index (Phi) is 8.89. The Balaban J connectivity index is 0.955. The highest BCUT2D eigenvalue weighted by Gasteiger charge is 2.43. The van der Waals surface area contributed by atoms with E-state index in [1.165, 1.54) is 202 Å². The summed E-state index contributed by atoms with van der Waals surface area (Å²) in [4.78, 5) is 0. The minimum atomic E-state index is -0.146. The van der Waals surface area contributed by atoms with E-state index in [9.17, 15) is 0 Å². The van der Waals surface area contributed by atoms with E-state index >= 15 is 0 Å². The summed E-state index contributed by atoms with van der Waals surface area (Å²) in [7, 11) is 0. The molecule has 2 aliphatic rings. The van der Waals surface area contributed by atoms with Gasteiger partial charge in [0.25, 0.3) is 6.71 Å². The Morgan fingerprint density at radius 2 is 0.575 bits per heavy atom. The van der Waals surface area contributed by atoms with Crippen LogP contribution in [0.3, 0.4) is 0 Å². The predicted octanol–water partition coefficient (Wildman–Crippen LogP) is 20.4. The Morgan fingerprint density at radius 3 is 1.03 bits per heavy atom. The Hall–Kier alpha value is -11.3. The van der Waals surface area contributed by atoms with Crippen molar-refractivity contribution in [2.45, 2.75) is 0 Å². The van der Waals surface area contributed by atoms with Crippen LogP contribution < -0.4 is 16.4 Å².